The molecule has 5 rings (SSSR count). The van der Waals surface area contributed by atoms with Crippen molar-refractivity contribution in [3.05, 3.63) is 57.1 Å². The van der Waals surface area contributed by atoms with Crippen molar-refractivity contribution < 1.29 is 29.0 Å². The number of imide groups is 1. The second-order valence-electron chi connectivity index (χ2n) is 9.38. The number of aromatic hydroxyl groups is 1. The van der Waals surface area contributed by atoms with Gasteiger partial charge in [0.2, 0.25) is 11.8 Å². The maximum Gasteiger partial charge on any atom is 0.233 e. The number of phenols is 1. The van der Waals surface area contributed by atoms with E-state index in [4.69, 9.17) is 4.74 Å². The van der Waals surface area contributed by atoms with Crippen molar-refractivity contribution in [1.82, 2.24) is 4.90 Å². The SMILES string of the molecule is CCCN1C(=O)[C@H]2[C@H](CC=C3[C@H](c4ccc(O)c(OCC)c4)C4=C(C[C@H]32)C(=O)C(Br)=CC4=O)C1=O. The number of hydrogen-bond donors (Lipinski definition) is 1. The van der Waals surface area contributed by atoms with Crippen LogP contribution < -0.4 is 4.74 Å². The number of rotatable bonds is 5. The van der Waals surface area contributed by atoms with Crippen LogP contribution >= 0.6 is 15.9 Å². The Labute approximate surface area is 211 Å². The minimum Gasteiger partial charge on any atom is -0.504 e. The molecule has 1 aromatic rings. The topological polar surface area (TPSA) is 101 Å². The third-order valence-corrected chi connectivity index (χ3v) is 8.08. The number of halogens is 1. The van der Waals surface area contributed by atoms with E-state index in [1.807, 2.05) is 19.9 Å². The molecule has 4 aliphatic rings. The first-order chi connectivity index (χ1) is 16.8. The predicted molar refractivity (Wildman–Crippen MR) is 131 cm³/mol. The number of ketones is 2. The molecule has 0 saturated carbocycles. The number of phenolic OH excluding ortho intramolecular Hbond substituents is 1. The average Bonchev–Trinajstić information content (AvgIpc) is 3.08. The van der Waals surface area contributed by atoms with Crippen LogP contribution in [-0.2, 0) is 19.2 Å². The van der Waals surface area contributed by atoms with Crippen LogP contribution in [0.2, 0.25) is 0 Å². The number of allylic oxidation sites excluding steroid dienone is 6. The van der Waals surface area contributed by atoms with Crippen molar-refractivity contribution in [2.75, 3.05) is 13.2 Å². The zero-order chi connectivity index (χ0) is 25.0. The van der Waals surface area contributed by atoms with E-state index in [0.717, 1.165) is 5.57 Å². The number of likely N-dealkylation sites (tertiary alicyclic amines) is 1. The Balaban J connectivity index is 1.67. The summed E-state index contributed by atoms with van der Waals surface area (Å²) in [7, 11) is 0. The molecule has 182 valence electrons. The summed E-state index contributed by atoms with van der Waals surface area (Å²) in [6.45, 7) is 4.47. The number of nitrogens with zero attached hydrogens (tertiary/aromatic N) is 1. The van der Waals surface area contributed by atoms with Gasteiger partial charge < -0.3 is 9.84 Å². The van der Waals surface area contributed by atoms with Gasteiger partial charge in [0.15, 0.2) is 23.1 Å². The van der Waals surface area contributed by atoms with Gasteiger partial charge in [-0.1, -0.05) is 24.6 Å². The smallest absolute Gasteiger partial charge is 0.233 e. The van der Waals surface area contributed by atoms with Gasteiger partial charge in [0.1, 0.15) is 0 Å². The number of Topliss-reactive ketones (excluding diaryl/α,β-unsaturated/α-hetero) is 1. The van der Waals surface area contributed by atoms with Crippen molar-refractivity contribution in [3.63, 3.8) is 0 Å². The van der Waals surface area contributed by atoms with E-state index >= 15 is 0 Å². The van der Waals surface area contributed by atoms with Gasteiger partial charge in [-0.25, -0.2) is 0 Å². The lowest BCUT2D eigenvalue weighted by Crippen LogP contribution is -2.39. The summed E-state index contributed by atoms with van der Waals surface area (Å²) in [5.74, 6) is -2.53. The third-order valence-electron chi connectivity index (χ3n) is 7.49. The standard InChI is InChI=1S/C27H26BrNO6/c1-3-9-29-26(33)15-7-6-14-16(23(15)27(29)34)11-17-24(20(31)12-18(28)25(17)32)22(14)13-5-8-19(30)21(10-13)35-4-2/h5-6,8,10,12,15-16,22-23,30H,3-4,7,9,11H2,1-2H3/t15-,16+,22-,23-/m0/s1. The minimum absolute atomic E-state index is 0.0182. The highest BCUT2D eigenvalue weighted by atomic mass is 79.9. The fourth-order valence-electron chi connectivity index (χ4n) is 6.08. The normalized spacial score (nSPS) is 27.9. The number of carbonyl (C=O) groups is 4. The van der Waals surface area contributed by atoms with Gasteiger partial charge in [0.05, 0.1) is 22.9 Å². The number of amides is 2. The summed E-state index contributed by atoms with van der Waals surface area (Å²) in [5, 5.41) is 10.2. The third kappa shape index (κ3) is 3.61. The van der Waals surface area contributed by atoms with Crippen LogP contribution in [0.25, 0.3) is 0 Å². The Morgan fingerprint density at radius 2 is 1.89 bits per heavy atom. The summed E-state index contributed by atoms with van der Waals surface area (Å²) in [6.07, 6.45) is 4.62. The number of ether oxygens (including phenoxy) is 1. The zero-order valence-electron chi connectivity index (χ0n) is 19.5. The fourth-order valence-corrected chi connectivity index (χ4v) is 6.52. The van der Waals surface area contributed by atoms with Gasteiger partial charge in [0.25, 0.3) is 0 Å². The van der Waals surface area contributed by atoms with Crippen molar-refractivity contribution in [3.8, 4) is 11.5 Å². The Morgan fingerprint density at radius 3 is 2.60 bits per heavy atom. The van der Waals surface area contributed by atoms with E-state index in [0.29, 0.717) is 42.7 Å². The largest absolute Gasteiger partial charge is 0.504 e. The number of fused-ring (bicyclic) bond motifs is 3. The Bertz CT molecular complexity index is 1260. The van der Waals surface area contributed by atoms with Gasteiger partial charge in [0, 0.05) is 29.7 Å². The summed E-state index contributed by atoms with van der Waals surface area (Å²) in [6, 6.07) is 4.93. The molecular formula is C27H26BrNO6. The van der Waals surface area contributed by atoms with Gasteiger partial charge in [-0.2, -0.15) is 0 Å². The molecule has 1 aromatic carbocycles. The fraction of sp³-hybridized carbons (Fsp3) is 0.407. The Kier molecular flexibility index (Phi) is 6.03. The van der Waals surface area contributed by atoms with Crippen LogP contribution in [-0.4, -0.2) is 46.5 Å². The van der Waals surface area contributed by atoms with E-state index in [2.05, 4.69) is 15.9 Å². The molecular weight excluding hydrogens is 514 g/mol. The monoisotopic (exact) mass is 539 g/mol. The molecule has 1 saturated heterocycles. The van der Waals surface area contributed by atoms with Gasteiger partial charge in [-0.05, 0) is 65.7 Å². The second kappa shape index (κ2) is 8.90. The van der Waals surface area contributed by atoms with E-state index in [-0.39, 0.29) is 51.7 Å². The quantitative estimate of drug-likeness (QED) is 0.345. The molecule has 1 fully saturated rings. The Morgan fingerprint density at radius 1 is 1.11 bits per heavy atom. The predicted octanol–water partition coefficient (Wildman–Crippen LogP) is 3.96. The molecule has 1 N–H and O–H groups in total. The van der Waals surface area contributed by atoms with Gasteiger partial charge in [-0.3, -0.25) is 24.1 Å². The van der Waals surface area contributed by atoms with Crippen LogP contribution in [0.1, 0.15) is 44.6 Å². The minimum atomic E-state index is -0.569. The van der Waals surface area contributed by atoms with Gasteiger partial charge >= 0.3 is 0 Å². The zero-order valence-corrected chi connectivity index (χ0v) is 21.1. The number of benzene rings is 1. The summed E-state index contributed by atoms with van der Waals surface area (Å²) >= 11 is 3.23. The molecule has 35 heavy (non-hydrogen) atoms. The summed E-state index contributed by atoms with van der Waals surface area (Å²) in [5.41, 5.74) is 2.36. The average molecular weight is 540 g/mol. The van der Waals surface area contributed by atoms with Crippen LogP contribution in [0.3, 0.4) is 0 Å². The van der Waals surface area contributed by atoms with E-state index in [1.54, 1.807) is 12.1 Å². The lowest BCUT2D eigenvalue weighted by Gasteiger charge is -2.42. The maximum atomic E-state index is 13.4. The van der Waals surface area contributed by atoms with Crippen molar-refractivity contribution in [2.45, 2.75) is 39.0 Å². The summed E-state index contributed by atoms with van der Waals surface area (Å²) < 4.78 is 5.78. The van der Waals surface area contributed by atoms with Crippen LogP contribution in [0.5, 0.6) is 11.5 Å². The first kappa shape index (κ1) is 23.7. The first-order valence-corrected chi connectivity index (χ1v) is 12.8. The molecule has 3 aliphatic carbocycles. The van der Waals surface area contributed by atoms with Crippen molar-refractivity contribution >= 4 is 39.3 Å². The molecule has 0 radical (unpaired) electrons. The highest BCUT2D eigenvalue weighted by Gasteiger charge is 2.56. The molecule has 2 amide bonds. The van der Waals surface area contributed by atoms with E-state index < -0.39 is 17.8 Å². The second-order valence-corrected chi connectivity index (χ2v) is 10.2. The van der Waals surface area contributed by atoms with Crippen LogP contribution in [0.4, 0.5) is 0 Å². The molecule has 0 aromatic heterocycles. The van der Waals surface area contributed by atoms with E-state index in [1.165, 1.54) is 17.0 Å². The molecule has 7 nitrogen and oxygen atoms in total. The molecule has 0 spiro atoms. The molecule has 1 heterocycles. The number of carbonyl (C=O) groups excluding carboxylic acids is 4. The maximum absolute atomic E-state index is 13.4. The summed E-state index contributed by atoms with van der Waals surface area (Å²) in [4.78, 5) is 54.3. The lowest BCUT2D eigenvalue weighted by molar-refractivity contribution is -0.140. The number of hydrogen-bond acceptors (Lipinski definition) is 6. The molecule has 0 bridgehead atoms. The van der Waals surface area contributed by atoms with Crippen molar-refractivity contribution in [1.29, 1.82) is 0 Å². The lowest BCUT2D eigenvalue weighted by atomic mass is 9.59. The van der Waals surface area contributed by atoms with E-state index in [9.17, 15) is 24.3 Å². The van der Waals surface area contributed by atoms with Gasteiger partial charge in [-0.15, -0.1) is 0 Å². The van der Waals surface area contributed by atoms with Crippen molar-refractivity contribution in [2.24, 2.45) is 17.8 Å². The first-order valence-electron chi connectivity index (χ1n) is 12.0. The molecule has 4 atom stereocenters. The van der Waals surface area contributed by atoms with Crippen LogP contribution in [0.15, 0.2) is 51.6 Å². The highest BCUT2D eigenvalue weighted by molar-refractivity contribution is 9.12. The van der Waals surface area contributed by atoms with Crippen LogP contribution in [0, 0.1) is 17.8 Å². The Hall–Kier alpha value is -3.00. The highest BCUT2D eigenvalue weighted by Crippen LogP contribution is 2.55. The molecule has 0 unspecified atom stereocenters. The molecule has 8 heteroatoms. The molecule has 1 aliphatic heterocycles.